The number of nitriles is 1. The molecule has 0 unspecified atom stereocenters. The van der Waals surface area contributed by atoms with Crippen molar-refractivity contribution in [2.75, 3.05) is 44.7 Å². The third-order valence-electron chi connectivity index (χ3n) is 3.20. The molecule has 0 amide bonds. The molecule has 0 radical (unpaired) electrons. The highest BCUT2D eigenvalue weighted by atomic mass is 16.5. The van der Waals surface area contributed by atoms with E-state index in [1.165, 1.54) is 7.11 Å². The topological polar surface area (TPSA) is 82.4 Å². The van der Waals surface area contributed by atoms with Crippen molar-refractivity contribution in [3.8, 4) is 6.07 Å². The second kappa shape index (κ2) is 6.30. The van der Waals surface area contributed by atoms with Crippen LogP contribution >= 0.6 is 0 Å². The van der Waals surface area contributed by atoms with Crippen LogP contribution in [0.5, 0.6) is 0 Å². The van der Waals surface area contributed by atoms with Gasteiger partial charge in [0, 0.05) is 37.9 Å². The lowest BCUT2D eigenvalue weighted by molar-refractivity contribution is 0.0586. The summed E-state index contributed by atoms with van der Waals surface area (Å²) in [4.78, 5) is 24.0. The second-order valence-corrected chi connectivity index (χ2v) is 4.60. The predicted molar refractivity (Wildman–Crippen MR) is 72.4 cm³/mol. The average Bonchev–Trinajstić information content (AvgIpc) is 2.47. The Kier molecular flexibility index (Phi) is 4.48. The van der Waals surface area contributed by atoms with Gasteiger partial charge < -0.3 is 9.64 Å². The largest absolute Gasteiger partial charge is 0.463 e. The Morgan fingerprint density at radius 1 is 1.40 bits per heavy atom. The summed E-state index contributed by atoms with van der Waals surface area (Å²) in [5.41, 5.74) is 0.731. The highest BCUT2D eigenvalue weighted by Gasteiger charge is 2.20. The smallest absolute Gasteiger partial charge is 0.376 e. The highest BCUT2D eigenvalue weighted by molar-refractivity contribution is 5.85. The van der Waals surface area contributed by atoms with E-state index in [1.54, 1.807) is 0 Å². The van der Waals surface area contributed by atoms with Crippen molar-refractivity contribution in [1.29, 1.82) is 5.26 Å². The Morgan fingerprint density at radius 2 is 2.10 bits per heavy atom. The first-order valence-electron chi connectivity index (χ1n) is 6.42. The maximum Gasteiger partial charge on any atom is 0.376 e. The van der Waals surface area contributed by atoms with E-state index >= 15 is 0 Å². The number of methoxy groups -OCH3 is 1. The summed E-state index contributed by atoms with van der Waals surface area (Å²) in [6.07, 6.45) is 0. The Morgan fingerprint density at radius 3 is 2.70 bits per heavy atom. The molecule has 7 heteroatoms. The third-order valence-corrected chi connectivity index (χ3v) is 3.20. The molecule has 1 saturated heterocycles. The lowest BCUT2D eigenvalue weighted by Gasteiger charge is -2.34. The number of nitrogens with zero attached hydrogens (tertiary/aromatic N) is 5. The Balaban J connectivity index is 2.12. The molecule has 0 bridgehead atoms. The number of carbonyl (C=O) groups excluding carboxylic acids is 1. The Bertz CT molecular complexity index is 532. The molecule has 0 spiro atoms. The molecule has 0 aromatic carbocycles. The van der Waals surface area contributed by atoms with E-state index in [1.807, 2.05) is 13.0 Å². The zero-order chi connectivity index (χ0) is 14.5. The number of hydrogen-bond acceptors (Lipinski definition) is 7. The van der Waals surface area contributed by atoms with Crippen LogP contribution in [0.3, 0.4) is 0 Å². The third kappa shape index (κ3) is 3.22. The summed E-state index contributed by atoms with van der Waals surface area (Å²) in [6, 6.07) is 4.01. The lowest BCUT2D eigenvalue weighted by atomic mass is 10.3. The van der Waals surface area contributed by atoms with Gasteiger partial charge in [0.1, 0.15) is 5.82 Å². The minimum atomic E-state index is -0.530. The van der Waals surface area contributed by atoms with Crippen molar-refractivity contribution >= 4 is 11.8 Å². The summed E-state index contributed by atoms with van der Waals surface area (Å²) >= 11 is 0. The lowest BCUT2D eigenvalue weighted by Crippen LogP contribution is -2.46. The first-order valence-corrected chi connectivity index (χ1v) is 6.42. The van der Waals surface area contributed by atoms with E-state index in [-0.39, 0.29) is 5.82 Å². The van der Waals surface area contributed by atoms with Gasteiger partial charge in [0.2, 0.25) is 5.82 Å². The molecule has 20 heavy (non-hydrogen) atoms. The van der Waals surface area contributed by atoms with E-state index in [2.05, 4.69) is 30.6 Å². The maximum atomic E-state index is 11.5. The number of aromatic nitrogens is 2. The zero-order valence-corrected chi connectivity index (χ0v) is 11.7. The summed E-state index contributed by atoms with van der Waals surface area (Å²) in [5.74, 6) is 0.287. The molecule has 1 fully saturated rings. The van der Waals surface area contributed by atoms with Crippen molar-refractivity contribution in [2.24, 2.45) is 0 Å². The number of carbonyl (C=O) groups is 1. The van der Waals surface area contributed by atoms with Crippen molar-refractivity contribution in [3.05, 3.63) is 17.6 Å². The van der Waals surface area contributed by atoms with Crippen LogP contribution in [0, 0.1) is 18.3 Å². The minimum absolute atomic E-state index is 0.0851. The number of anilines is 1. The number of aryl methyl sites for hydroxylation is 1. The SMILES string of the molecule is COC(=O)c1nc(C)cc(N2CCN(CC#N)CC2)n1. The standard InChI is InChI=1S/C13H17N5O2/c1-10-9-11(16-12(15-10)13(19)20-2)18-7-5-17(4-3-14)6-8-18/h9H,4-8H2,1-2H3. The normalized spacial score (nSPS) is 15.8. The van der Waals surface area contributed by atoms with Crippen LogP contribution < -0.4 is 4.90 Å². The molecule has 0 aliphatic carbocycles. The molecule has 2 rings (SSSR count). The van der Waals surface area contributed by atoms with Crippen molar-refractivity contribution in [2.45, 2.75) is 6.92 Å². The number of piperazine rings is 1. The van der Waals surface area contributed by atoms with Gasteiger partial charge in [0.05, 0.1) is 19.7 Å². The van der Waals surface area contributed by atoms with E-state index in [0.717, 1.165) is 37.7 Å². The monoisotopic (exact) mass is 275 g/mol. The average molecular weight is 275 g/mol. The molecule has 1 aromatic rings. The molecule has 1 aliphatic rings. The quantitative estimate of drug-likeness (QED) is 0.576. The van der Waals surface area contributed by atoms with Crippen LogP contribution in [0.4, 0.5) is 5.82 Å². The Hall–Kier alpha value is -2.20. The molecule has 106 valence electrons. The number of hydrogen-bond donors (Lipinski definition) is 0. The van der Waals surface area contributed by atoms with Gasteiger partial charge in [-0.2, -0.15) is 5.26 Å². The molecular weight excluding hydrogens is 258 g/mol. The van der Waals surface area contributed by atoms with Crippen LogP contribution in [0.1, 0.15) is 16.3 Å². The number of ether oxygens (including phenoxy) is 1. The fourth-order valence-electron chi connectivity index (χ4n) is 2.13. The first kappa shape index (κ1) is 14.2. The van der Waals surface area contributed by atoms with Gasteiger partial charge in [-0.25, -0.2) is 14.8 Å². The van der Waals surface area contributed by atoms with Crippen LogP contribution in [0.15, 0.2) is 6.07 Å². The fraction of sp³-hybridized carbons (Fsp3) is 0.538. The summed E-state index contributed by atoms with van der Waals surface area (Å²) in [5, 5.41) is 8.69. The highest BCUT2D eigenvalue weighted by Crippen LogP contribution is 2.15. The molecule has 0 atom stereocenters. The van der Waals surface area contributed by atoms with E-state index in [9.17, 15) is 4.79 Å². The number of rotatable bonds is 3. The van der Waals surface area contributed by atoms with Gasteiger partial charge in [-0.05, 0) is 6.92 Å². The zero-order valence-electron chi connectivity index (χ0n) is 11.7. The van der Waals surface area contributed by atoms with E-state index in [4.69, 9.17) is 5.26 Å². The molecule has 2 heterocycles. The molecular formula is C13H17N5O2. The van der Waals surface area contributed by atoms with Crippen molar-refractivity contribution < 1.29 is 9.53 Å². The predicted octanol–water partition coefficient (Wildman–Crippen LogP) is 0.217. The Labute approximate surface area is 117 Å². The second-order valence-electron chi connectivity index (χ2n) is 4.60. The van der Waals surface area contributed by atoms with Gasteiger partial charge in [0.25, 0.3) is 0 Å². The van der Waals surface area contributed by atoms with Gasteiger partial charge in [-0.1, -0.05) is 0 Å². The van der Waals surface area contributed by atoms with Gasteiger partial charge in [0.15, 0.2) is 0 Å². The molecule has 1 aliphatic heterocycles. The first-order chi connectivity index (χ1) is 9.63. The van der Waals surface area contributed by atoms with E-state index < -0.39 is 5.97 Å². The molecule has 0 saturated carbocycles. The van der Waals surface area contributed by atoms with Crippen LogP contribution in [-0.2, 0) is 4.74 Å². The van der Waals surface area contributed by atoms with Gasteiger partial charge in [-0.3, -0.25) is 4.90 Å². The molecule has 7 nitrogen and oxygen atoms in total. The van der Waals surface area contributed by atoms with Crippen LogP contribution in [0.25, 0.3) is 0 Å². The van der Waals surface area contributed by atoms with Crippen LogP contribution in [0.2, 0.25) is 0 Å². The van der Waals surface area contributed by atoms with Crippen LogP contribution in [-0.4, -0.2) is 60.7 Å². The maximum absolute atomic E-state index is 11.5. The fourth-order valence-corrected chi connectivity index (χ4v) is 2.13. The van der Waals surface area contributed by atoms with Crippen molar-refractivity contribution in [3.63, 3.8) is 0 Å². The van der Waals surface area contributed by atoms with Crippen molar-refractivity contribution in [1.82, 2.24) is 14.9 Å². The van der Waals surface area contributed by atoms with Gasteiger partial charge in [-0.15, -0.1) is 0 Å². The molecule has 1 aromatic heterocycles. The minimum Gasteiger partial charge on any atom is -0.463 e. The summed E-state index contributed by atoms with van der Waals surface area (Å²) in [6.45, 7) is 5.44. The van der Waals surface area contributed by atoms with Gasteiger partial charge >= 0.3 is 5.97 Å². The summed E-state index contributed by atoms with van der Waals surface area (Å²) < 4.78 is 4.66. The number of esters is 1. The summed E-state index contributed by atoms with van der Waals surface area (Å²) in [7, 11) is 1.31. The van der Waals surface area contributed by atoms with E-state index in [0.29, 0.717) is 6.54 Å². The molecule has 0 N–H and O–H groups in total.